The molecule has 0 atom stereocenters. The van der Waals surface area contributed by atoms with Gasteiger partial charge in [-0.3, -0.25) is 9.69 Å². The quantitative estimate of drug-likeness (QED) is 0.579. The zero-order valence-electron chi connectivity index (χ0n) is 17.4. The lowest BCUT2D eigenvalue weighted by Crippen LogP contribution is -2.37. The molecule has 0 saturated carbocycles. The fourth-order valence-electron chi connectivity index (χ4n) is 3.69. The number of ether oxygens (including phenoxy) is 1. The third-order valence-corrected chi connectivity index (χ3v) is 6.23. The van der Waals surface area contributed by atoms with Gasteiger partial charge in [0, 0.05) is 17.8 Å². The molecule has 2 heterocycles. The van der Waals surface area contributed by atoms with Crippen molar-refractivity contribution in [1.29, 1.82) is 0 Å². The summed E-state index contributed by atoms with van der Waals surface area (Å²) in [5.74, 6) is 1.50. The molecule has 4 rings (SSSR count). The molecular formula is C24H27N3O2S. The van der Waals surface area contributed by atoms with Crippen LogP contribution >= 0.6 is 11.3 Å². The van der Waals surface area contributed by atoms with Crippen LogP contribution < -0.4 is 10.1 Å². The number of para-hydroxylation sites is 2. The highest BCUT2D eigenvalue weighted by Gasteiger charge is 2.26. The van der Waals surface area contributed by atoms with E-state index in [2.05, 4.69) is 20.6 Å². The van der Waals surface area contributed by atoms with E-state index in [-0.39, 0.29) is 11.8 Å². The largest absolute Gasteiger partial charge is 0.455 e. The van der Waals surface area contributed by atoms with Gasteiger partial charge in [0.1, 0.15) is 5.75 Å². The normalized spacial score (nSPS) is 15.1. The van der Waals surface area contributed by atoms with Gasteiger partial charge in [0.25, 0.3) is 0 Å². The van der Waals surface area contributed by atoms with E-state index >= 15 is 0 Å². The van der Waals surface area contributed by atoms with Crippen molar-refractivity contribution in [3.63, 3.8) is 0 Å². The van der Waals surface area contributed by atoms with Crippen LogP contribution in [0.3, 0.4) is 0 Å². The Morgan fingerprint density at radius 1 is 1.13 bits per heavy atom. The Balaban J connectivity index is 1.33. The first-order valence-corrected chi connectivity index (χ1v) is 11.2. The van der Waals surface area contributed by atoms with E-state index in [1.165, 1.54) is 5.56 Å². The number of nitrogens with zero attached hydrogens (tertiary/aromatic N) is 2. The first kappa shape index (κ1) is 20.6. The SMILES string of the molecule is Cc1ccc(Oc2ccccc2NC(=O)C2CCN(Cc3csc(C)n3)CC2)cc1. The molecule has 1 N–H and O–H groups in total. The highest BCUT2D eigenvalue weighted by Crippen LogP contribution is 2.30. The molecule has 1 aliphatic heterocycles. The second-order valence-electron chi connectivity index (χ2n) is 7.81. The smallest absolute Gasteiger partial charge is 0.227 e. The van der Waals surface area contributed by atoms with Crippen LogP contribution in [0.2, 0.25) is 0 Å². The summed E-state index contributed by atoms with van der Waals surface area (Å²) in [4.78, 5) is 19.8. The van der Waals surface area contributed by atoms with Crippen LogP contribution in [0.4, 0.5) is 5.69 Å². The molecule has 5 nitrogen and oxygen atoms in total. The summed E-state index contributed by atoms with van der Waals surface area (Å²) in [5, 5.41) is 6.31. The van der Waals surface area contributed by atoms with E-state index in [4.69, 9.17) is 4.74 Å². The summed E-state index contributed by atoms with van der Waals surface area (Å²) in [6, 6.07) is 15.5. The number of hydrogen-bond acceptors (Lipinski definition) is 5. The summed E-state index contributed by atoms with van der Waals surface area (Å²) in [5.41, 5.74) is 3.02. The number of carbonyl (C=O) groups excluding carboxylic acids is 1. The minimum atomic E-state index is 0.0193. The van der Waals surface area contributed by atoms with Crippen molar-refractivity contribution >= 4 is 22.9 Å². The lowest BCUT2D eigenvalue weighted by atomic mass is 9.95. The Kier molecular flexibility index (Phi) is 6.45. The predicted molar refractivity (Wildman–Crippen MR) is 121 cm³/mol. The minimum absolute atomic E-state index is 0.0193. The molecule has 1 aromatic heterocycles. The number of piperidine rings is 1. The molecule has 1 aliphatic rings. The van der Waals surface area contributed by atoms with Gasteiger partial charge in [-0.25, -0.2) is 4.98 Å². The molecule has 6 heteroatoms. The molecule has 1 saturated heterocycles. The third kappa shape index (κ3) is 5.26. The number of carbonyl (C=O) groups is 1. The topological polar surface area (TPSA) is 54.5 Å². The number of thiazole rings is 1. The summed E-state index contributed by atoms with van der Waals surface area (Å²) >= 11 is 1.69. The fraction of sp³-hybridized carbons (Fsp3) is 0.333. The summed E-state index contributed by atoms with van der Waals surface area (Å²) < 4.78 is 6.01. The van der Waals surface area contributed by atoms with Crippen molar-refractivity contribution in [1.82, 2.24) is 9.88 Å². The number of likely N-dealkylation sites (tertiary alicyclic amines) is 1. The summed E-state index contributed by atoms with van der Waals surface area (Å²) in [6.07, 6.45) is 1.71. The number of amides is 1. The lowest BCUT2D eigenvalue weighted by Gasteiger charge is -2.30. The molecule has 1 fully saturated rings. The number of benzene rings is 2. The summed E-state index contributed by atoms with van der Waals surface area (Å²) in [7, 11) is 0. The molecule has 1 amide bonds. The van der Waals surface area contributed by atoms with E-state index in [1.807, 2.05) is 62.4 Å². The Morgan fingerprint density at radius 3 is 2.57 bits per heavy atom. The lowest BCUT2D eigenvalue weighted by molar-refractivity contribution is -0.121. The third-order valence-electron chi connectivity index (χ3n) is 5.40. The van der Waals surface area contributed by atoms with Gasteiger partial charge in [-0.2, -0.15) is 0 Å². The van der Waals surface area contributed by atoms with Gasteiger partial charge in [-0.05, 0) is 64.0 Å². The van der Waals surface area contributed by atoms with Crippen LogP contribution in [0.15, 0.2) is 53.9 Å². The molecular weight excluding hydrogens is 394 g/mol. The number of hydrogen-bond donors (Lipinski definition) is 1. The van der Waals surface area contributed by atoms with Crippen molar-refractivity contribution in [2.45, 2.75) is 33.2 Å². The molecule has 3 aromatic rings. The van der Waals surface area contributed by atoms with Crippen molar-refractivity contribution in [3.05, 3.63) is 70.2 Å². The zero-order chi connectivity index (χ0) is 20.9. The van der Waals surface area contributed by atoms with E-state index in [1.54, 1.807) is 11.3 Å². The van der Waals surface area contributed by atoms with E-state index in [0.29, 0.717) is 11.4 Å². The number of aromatic nitrogens is 1. The van der Waals surface area contributed by atoms with Gasteiger partial charge in [0.15, 0.2) is 5.75 Å². The zero-order valence-corrected chi connectivity index (χ0v) is 18.2. The standard InChI is InChI=1S/C24H27N3O2S/c1-17-7-9-21(10-8-17)29-23-6-4-3-5-22(23)26-24(28)19-11-13-27(14-12-19)15-20-16-30-18(2)25-20/h3-10,16,19H,11-15H2,1-2H3,(H,26,28). The number of anilines is 1. The van der Waals surface area contributed by atoms with Crippen LogP contribution in [0, 0.1) is 19.8 Å². The van der Waals surface area contributed by atoms with E-state index in [9.17, 15) is 4.79 Å². The van der Waals surface area contributed by atoms with Crippen molar-refractivity contribution in [2.24, 2.45) is 5.92 Å². The van der Waals surface area contributed by atoms with Crippen molar-refractivity contribution in [3.8, 4) is 11.5 Å². The average molecular weight is 422 g/mol. The average Bonchev–Trinajstić information content (AvgIpc) is 3.16. The maximum absolute atomic E-state index is 12.9. The monoisotopic (exact) mass is 421 g/mol. The van der Waals surface area contributed by atoms with Crippen LogP contribution in [0.5, 0.6) is 11.5 Å². The first-order chi connectivity index (χ1) is 14.6. The van der Waals surface area contributed by atoms with Crippen LogP contribution in [-0.4, -0.2) is 28.9 Å². The maximum Gasteiger partial charge on any atom is 0.227 e. The highest BCUT2D eigenvalue weighted by molar-refractivity contribution is 7.09. The molecule has 156 valence electrons. The van der Waals surface area contributed by atoms with Gasteiger partial charge in [0.05, 0.1) is 16.4 Å². The van der Waals surface area contributed by atoms with E-state index in [0.717, 1.165) is 48.9 Å². The molecule has 0 aliphatic carbocycles. The number of nitrogens with one attached hydrogen (secondary N) is 1. The molecule has 0 spiro atoms. The first-order valence-electron chi connectivity index (χ1n) is 10.3. The number of aryl methyl sites for hydroxylation is 2. The van der Waals surface area contributed by atoms with Crippen molar-refractivity contribution < 1.29 is 9.53 Å². The van der Waals surface area contributed by atoms with Crippen LogP contribution in [0.1, 0.15) is 29.1 Å². The Hall–Kier alpha value is -2.70. The highest BCUT2D eigenvalue weighted by atomic mass is 32.1. The van der Waals surface area contributed by atoms with Gasteiger partial charge >= 0.3 is 0 Å². The molecule has 0 unspecified atom stereocenters. The molecule has 30 heavy (non-hydrogen) atoms. The molecule has 0 bridgehead atoms. The minimum Gasteiger partial charge on any atom is -0.455 e. The maximum atomic E-state index is 12.9. The number of rotatable bonds is 6. The van der Waals surface area contributed by atoms with Crippen molar-refractivity contribution in [2.75, 3.05) is 18.4 Å². The Labute approximate surface area is 181 Å². The predicted octanol–water partition coefficient (Wildman–Crippen LogP) is 5.40. The second kappa shape index (κ2) is 9.41. The molecule has 2 aromatic carbocycles. The summed E-state index contributed by atoms with van der Waals surface area (Å²) in [6.45, 7) is 6.77. The van der Waals surface area contributed by atoms with Gasteiger partial charge < -0.3 is 10.1 Å². The van der Waals surface area contributed by atoms with Gasteiger partial charge in [-0.1, -0.05) is 29.8 Å². The molecule has 0 radical (unpaired) electrons. The Bertz CT molecular complexity index is 992. The van der Waals surface area contributed by atoms with Crippen LogP contribution in [-0.2, 0) is 11.3 Å². The van der Waals surface area contributed by atoms with E-state index < -0.39 is 0 Å². The van der Waals surface area contributed by atoms with Gasteiger partial charge in [-0.15, -0.1) is 11.3 Å². The Morgan fingerprint density at radius 2 is 1.87 bits per heavy atom. The van der Waals surface area contributed by atoms with Crippen LogP contribution in [0.25, 0.3) is 0 Å². The fourth-order valence-corrected chi connectivity index (χ4v) is 4.29. The second-order valence-corrected chi connectivity index (χ2v) is 8.87. The van der Waals surface area contributed by atoms with Gasteiger partial charge in [0.2, 0.25) is 5.91 Å².